The standard InChI is InChI=1S/C14H16ClNO4/c1-9-2-5-11(6-3-9)20-14(17)12-8-10(15)4-7-13(12)16(18)19/h4,7-9,11H,2-3,5-6H2,1H3. The lowest BCUT2D eigenvalue weighted by molar-refractivity contribution is -0.385. The third-order valence-electron chi connectivity index (χ3n) is 3.61. The average Bonchev–Trinajstić information content (AvgIpc) is 2.41. The van der Waals surface area contributed by atoms with Crippen LogP contribution in [0.25, 0.3) is 0 Å². The molecule has 1 aliphatic rings. The van der Waals surface area contributed by atoms with Crippen LogP contribution in [-0.2, 0) is 4.74 Å². The molecule has 1 fully saturated rings. The molecule has 20 heavy (non-hydrogen) atoms. The molecule has 1 aromatic rings. The molecule has 6 heteroatoms. The zero-order chi connectivity index (χ0) is 14.7. The van der Waals surface area contributed by atoms with E-state index in [1.54, 1.807) is 0 Å². The summed E-state index contributed by atoms with van der Waals surface area (Å²) in [6.45, 7) is 2.17. The molecule has 0 N–H and O–H groups in total. The Morgan fingerprint density at radius 3 is 2.60 bits per heavy atom. The number of rotatable bonds is 3. The molecular formula is C14H16ClNO4. The Balaban J connectivity index is 2.12. The first-order chi connectivity index (χ1) is 9.47. The molecule has 0 aliphatic heterocycles. The Hall–Kier alpha value is -1.62. The van der Waals surface area contributed by atoms with E-state index >= 15 is 0 Å². The second kappa shape index (κ2) is 6.22. The van der Waals surface area contributed by atoms with E-state index in [0.29, 0.717) is 5.92 Å². The van der Waals surface area contributed by atoms with Crippen molar-refractivity contribution in [2.75, 3.05) is 0 Å². The molecule has 0 radical (unpaired) electrons. The van der Waals surface area contributed by atoms with Crippen molar-refractivity contribution in [3.05, 3.63) is 38.9 Å². The summed E-state index contributed by atoms with van der Waals surface area (Å²) in [4.78, 5) is 22.4. The van der Waals surface area contributed by atoms with E-state index in [0.717, 1.165) is 25.7 Å². The van der Waals surface area contributed by atoms with Gasteiger partial charge < -0.3 is 4.74 Å². The van der Waals surface area contributed by atoms with Crippen LogP contribution in [0.3, 0.4) is 0 Å². The second-order valence-electron chi connectivity index (χ2n) is 5.21. The van der Waals surface area contributed by atoms with E-state index in [-0.39, 0.29) is 22.4 Å². The number of hydrogen-bond donors (Lipinski definition) is 0. The first kappa shape index (κ1) is 14.8. The fourth-order valence-corrected chi connectivity index (χ4v) is 2.57. The fourth-order valence-electron chi connectivity index (χ4n) is 2.39. The number of halogens is 1. The van der Waals surface area contributed by atoms with Gasteiger partial charge in [0, 0.05) is 11.1 Å². The van der Waals surface area contributed by atoms with Crippen molar-refractivity contribution < 1.29 is 14.5 Å². The highest BCUT2D eigenvalue weighted by molar-refractivity contribution is 6.31. The average molecular weight is 298 g/mol. The van der Waals surface area contributed by atoms with Crippen molar-refractivity contribution >= 4 is 23.3 Å². The van der Waals surface area contributed by atoms with E-state index < -0.39 is 10.9 Å². The largest absolute Gasteiger partial charge is 0.459 e. The van der Waals surface area contributed by atoms with Gasteiger partial charge in [-0.15, -0.1) is 0 Å². The smallest absolute Gasteiger partial charge is 0.345 e. The van der Waals surface area contributed by atoms with Crippen molar-refractivity contribution in [1.82, 2.24) is 0 Å². The Morgan fingerprint density at radius 2 is 2.00 bits per heavy atom. The predicted octanol–water partition coefficient (Wildman–Crippen LogP) is 3.98. The Bertz CT molecular complexity index is 524. The highest BCUT2D eigenvalue weighted by Crippen LogP contribution is 2.28. The van der Waals surface area contributed by atoms with Crippen molar-refractivity contribution in [3.63, 3.8) is 0 Å². The van der Waals surface area contributed by atoms with Crippen molar-refractivity contribution in [1.29, 1.82) is 0 Å². The molecule has 0 atom stereocenters. The van der Waals surface area contributed by atoms with Gasteiger partial charge in [0.1, 0.15) is 11.7 Å². The number of benzene rings is 1. The predicted molar refractivity (Wildman–Crippen MR) is 74.9 cm³/mol. The van der Waals surface area contributed by atoms with Gasteiger partial charge in [-0.25, -0.2) is 4.79 Å². The van der Waals surface area contributed by atoms with Gasteiger partial charge in [0.05, 0.1) is 4.92 Å². The SMILES string of the molecule is CC1CCC(OC(=O)c2cc(Cl)ccc2[N+](=O)[O-])CC1. The van der Waals surface area contributed by atoms with E-state index in [1.807, 2.05) is 0 Å². The van der Waals surface area contributed by atoms with Gasteiger partial charge in [0.2, 0.25) is 0 Å². The van der Waals surface area contributed by atoms with E-state index in [9.17, 15) is 14.9 Å². The van der Waals surface area contributed by atoms with E-state index in [1.165, 1.54) is 18.2 Å². The number of nitro benzene ring substituents is 1. The molecule has 0 aromatic heterocycles. The lowest BCUT2D eigenvalue weighted by atomic mass is 9.89. The highest BCUT2D eigenvalue weighted by atomic mass is 35.5. The normalized spacial score (nSPS) is 22.3. The monoisotopic (exact) mass is 297 g/mol. The molecule has 0 saturated heterocycles. The minimum absolute atomic E-state index is 0.0823. The lowest BCUT2D eigenvalue weighted by Gasteiger charge is -2.25. The minimum Gasteiger partial charge on any atom is -0.459 e. The van der Waals surface area contributed by atoms with Crippen LogP contribution in [0.4, 0.5) is 5.69 Å². The summed E-state index contributed by atoms with van der Waals surface area (Å²) in [6, 6.07) is 3.90. The minimum atomic E-state index is -0.668. The third-order valence-corrected chi connectivity index (χ3v) is 3.85. The number of carbonyl (C=O) groups excluding carboxylic acids is 1. The number of nitro groups is 1. The second-order valence-corrected chi connectivity index (χ2v) is 5.64. The molecule has 0 spiro atoms. The first-order valence-electron chi connectivity index (χ1n) is 6.62. The quantitative estimate of drug-likeness (QED) is 0.480. The Kier molecular flexibility index (Phi) is 4.60. The van der Waals surface area contributed by atoms with Crippen LogP contribution in [-0.4, -0.2) is 17.0 Å². The number of hydrogen-bond acceptors (Lipinski definition) is 4. The maximum absolute atomic E-state index is 12.1. The lowest BCUT2D eigenvalue weighted by Crippen LogP contribution is -2.24. The molecule has 5 nitrogen and oxygen atoms in total. The summed E-state index contributed by atoms with van der Waals surface area (Å²) in [5.74, 6) is -0.0239. The molecule has 0 unspecified atom stereocenters. The maximum Gasteiger partial charge on any atom is 0.345 e. The van der Waals surface area contributed by atoms with Crippen LogP contribution < -0.4 is 0 Å². The number of ether oxygens (including phenoxy) is 1. The van der Waals surface area contributed by atoms with Gasteiger partial charge in [-0.05, 0) is 43.7 Å². The highest BCUT2D eigenvalue weighted by Gasteiger charge is 2.26. The molecule has 1 aromatic carbocycles. The summed E-state index contributed by atoms with van der Waals surface area (Å²) in [6.07, 6.45) is 3.48. The molecule has 1 saturated carbocycles. The molecule has 108 valence electrons. The van der Waals surface area contributed by atoms with Gasteiger partial charge in [-0.1, -0.05) is 18.5 Å². The number of nitrogens with zero attached hydrogens (tertiary/aromatic N) is 1. The summed E-state index contributed by atoms with van der Waals surface area (Å²) in [5.41, 5.74) is -0.357. The topological polar surface area (TPSA) is 69.4 Å². The zero-order valence-corrected chi connectivity index (χ0v) is 11.9. The molecule has 0 heterocycles. The summed E-state index contributed by atoms with van der Waals surface area (Å²) >= 11 is 5.80. The summed E-state index contributed by atoms with van der Waals surface area (Å²) in [5, 5.41) is 11.2. The van der Waals surface area contributed by atoms with Crippen LogP contribution >= 0.6 is 11.6 Å². The molecule has 0 bridgehead atoms. The van der Waals surface area contributed by atoms with Crippen LogP contribution in [0.2, 0.25) is 5.02 Å². The molecule has 1 aliphatic carbocycles. The molecule has 2 rings (SSSR count). The van der Waals surface area contributed by atoms with Gasteiger partial charge in [0.25, 0.3) is 5.69 Å². The summed E-state index contributed by atoms with van der Waals surface area (Å²) < 4.78 is 5.37. The maximum atomic E-state index is 12.1. The van der Waals surface area contributed by atoms with Crippen molar-refractivity contribution in [3.8, 4) is 0 Å². The fraction of sp³-hybridized carbons (Fsp3) is 0.500. The molecular weight excluding hydrogens is 282 g/mol. The van der Waals surface area contributed by atoms with Gasteiger partial charge in [-0.2, -0.15) is 0 Å². The Labute approximate surface area is 122 Å². The van der Waals surface area contributed by atoms with Gasteiger partial charge >= 0.3 is 5.97 Å². The molecule has 0 amide bonds. The number of esters is 1. The third kappa shape index (κ3) is 3.48. The zero-order valence-electron chi connectivity index (χ0n) is 11.2. The van der Waals surface area contributed by atoms with Crippen LogP contribution in [0.5, 0.6) is 0 Å². The van der Waals surface area contributed by atoms with Crippen LogP contribution in [0.15, 0.2) is 18.2 Å². The van der Waals surface area contributed by atoms with E-state index in [2.05, 4.69) is 6.92 Å². The van der Waals surface area contributed by atoms with Crippen LogP contribution in [0, 0.1) is 16.0 Å². The summed E-state index contributed by atoms with van der Waals surface area (Å²) in [7, 11) is 0. The van der Waals surface area contributed by atoms with E-state index in [4.69, 9.17) is 16.3 Å². The van der Waals surface area contributed by atoms with Crippen LogP contribution in [0.1, 0.15) is 43.0 Å². The van der Waals surface area contributed by atoms with Gasteiger partial charge in [0.15, 0.2) is 0 Å². The number of carbonyl (C=O) groups is 1. The van der Waals surface area contributed by atoms with Crippen molar-refractivity contribution in [2.24, 2.45) is 5.92 Å². The van der Waals surface area contributed by atoms with Crippen molar-refractivity contribution in [2.45, 2.75) is 38.7 Å². The Morgan fingerprint density at radius 1 is 1.35 bits per heavy atom. The first-order valence-corrected chi connectivity index (χ1v) is 7.00. The van der Waals surface area contributed by atoms with Gasteiger partial charge in [-0.3, -0.25) is 10.1 Å².